The second kappa shape index (κ2) is 4.83. The van der Waals surface area contributed by atoms with Crippen LogP contribution in [0.4, 0.5) is 0 Å². The van der Waals surface area contributed by atoms with Crippen molar-refractivity contribution in [1.29, 1.82) is 0 Å². The molecule has 0 saturated carbocycles. The van der Waals surface area contributed by atoms with Crippen molar-refractivity contribution in [2.24, 2.45) is 5.92 Å². The van der Waals surface area contributed by atoms with Crippen LogP contribution in [0.3, 0.4) is 0 Å². The van der Waals surface area contributed by atoms with E-state index >= 15 is 0 Å². The fraction of sp³-hybridized carbons (Fsp3) is 0.615. The number of aromatic amines is 1. The van der Waals surface area contributed by atoms with Crippen molar-refractivity contribution in [2.45, 2.75) is 32.7 Å². The molecule has 0 bridgehead atoms. The fourth-order valence-electron chi connectivity index (χ4n) is 2.37. The first-order valence-corrected chi connectivity index (χ1v) is 6.07. The average Bonchev–Trinajstić information content (AvgIpc) is 2.76. The smallest absolute Gasteiger partial charge is 0.192 e. The molecule has 88 valence electrons. The Bertz CT molecular complexity index is 345. The highest BCUT2D eigenvalue weighted by Gasteiger charge is 2.24. The largest absolute Gasteiger partial charge is 0.359 e. The van der Waals surface area contributed by atoms with Crippen LogP contribution < -0.4 is 0 Å². The Labute approximate surface area is 96.8 Å². The lowest BCUT2D eigenvalue weighted by Gasteiger charge is -2.36. The number of carbonyl (C=O) groups is 1. The maximum Gasteiger partial charge on any atom is 0.192 e. The van der Waals surface area contributed by atoms with Crippen LogP contribution in [0, 0.1) is 5.92 Å². The van der Waals surface area contributed by atoms with E-state index in [9.17, 15) is 4.79 Å². The Kier molecular flexibility index (Phi) is 3.44. The van der Waals surface area contributed by atoms with Crippen LogP contribution in [-0.2, 0) is 0 Å². The molecule has 1 saturated heterocycles. The Morgan fingerprint density at radius 2 is 2.31 bits per heavy atom. The monoisotopic (exact) mass is 220 g/mol. The van der Waals surface area contributed by atoms with E-state index < -0.39 is 0 Å². The quantitative estimate of drug-likeness (QED) is 0.794. The predicted octanol–water partition coefficient (Wildman–Crippen LogP) is 2.32. The molecule has 2 atom stereocenters. The lowest BCUT2D eigenvalue weighted by atomic mass is 9.95. The SMILES string of the molecule is CC1CCC(C)N(CC(=O)c2ccc[nH]2)C1. The number of Topliss-reactive ketones (excluding diaryl/α,β-unsaturated/α-hetero) is 1. The van der Waals surface area contributed by atoms with Crippen LogP contribution in [0.1, 0.15) is 37.2 Å². The number of nitrogens with one attached hydrogen (secondary N) is 1. The minimum Gasteiger partial charge on any atom is -0.359 e. The number of aromatic nitrogens is 1. The van der Waals surface area contributed by atoms with Crippen molar-refractivity contribution in [2.75, 3.05) is 13.1 Å². The zero-order chi connectivity index (χ0) is 11.5. The minimum absolute atomic E-state index is 0.200. The molecule has 16 heavy (non-hydrogen) atoms. The zero-order valence-corrected chi connectivity index (χ0v) is 10.1. The number of nitrogens with zero attached hydrogens (tertiary/aromatic N) is 1. The van der Waals surface area contributed by atoms with Gasteiger partial charge in [-0.25, -0.2) is 0 Å². The minimum atomic E-state index is 0.200. The van der Waals surface area contributed by atoms with E-state index in [4.69, 9.17) is 0 Å². The topological polar surface area (TPSA) is 36.1 Å². The molecule has 1 aliphatic heterocycles. The van der Waals surface area contributed by atoms with Crippen LogP contribution >= 0.6 is 0 Å². The van der Waals surface area contributed by atoms with Crippen LogP contribution in [-0.4, -0.2) is 34.8 Å². The number of carbonyl (C=O) groups excluding carboxylic acids is 1. The number of hydrogen-bond acceptors (Lipinski definition) is 2. The third-order valence-corrected chi connectivity index (χ3v) is 3.49. The van der Waals surface area contributed by atoms with E-state index in [-0.39, 0.29) is 5.78 Å². The molecule has 1 N–H and O–H groups in total. The molecule has 0 spiro atoms. The second-order valence-corrected chi connectivity index (χ2v) is 4.97. The molecule has 3 nitrogen and oxygen atoms in total. The summed E-state index contributed by atoms with van der Waals surface area (Å²) in [5.74, 6) is 0.915. The summed E-state index contributed by atoms with van der Waals surface area (Å²) >= 11 is 0. The number of piperidine rings is 1. The molecular weight excluding hydrogens is 200 g/mol. The van der Waals surface area contributed by atoms with Crippen molar-refractivity contribution in [1.82, 2.24) is 9.88 Å². The molecule has 2 unspecified atom stereocenters. The van der Waals surface area contributed by atoms with Gasteiger partial charge in [0.2, 0.25) is 0 Å². The van der Waals surface area contributed by atoms with Gasteiger partial charge in [-0.1, -0.05) is 6.92 Å². The van der Waals surface area contributed by atoms with Crippen molar-refractivity contribution in [3.63, 3.8) is 0 Å². The fourth-order valence-corrected chi connectivity index (χ4v) is 2.37. The van der Waals surface area contributed by atoms with Gasteiger partial charge >= 0.3 is 0 Å². The summed E-state index contributed by atoms with van der Waals surface area (Å²) in [5, 5.41) is 0. The summed E-state index contributed by atoms with van der Waals surface area (Å²) < 4.78 is 0. The molecule has 1 aromatic rings. The van der Waals surface area contributed by atoms with Gasteiger partial charge in [0.25, 0.3) is 0 Å². The Balaban J connectivity index is 1.95. The number of likely N-dealkylation sites (tertiary alicyclic amines) is 1. The van der Waals surface area contributed by atoms with Gasteiger partial charge in [-0.3, -0.25) is 9.69 Å². The maximum atomic E-state index is 12.0. The van der Waals surface area contributed by atoms with E-state index in [1.165, 1.54) is 12.8 Å². The molecule has 3 heteroatoms. The van der Waals surface area contributed by atoms with Gasteiger partial charge in [0, 0.05) is 18.8 Å². The van der Waals surface area contributed by atoms with Crippen molar-refractivity contribution in [3.05, 3.63) is 24.0 Å². The van der Waals surface area contributed by atoms with Gasteiger partial charge < -0.3 is 4.98 Å². The van der Waals surface area contributed by atoms with Crippen LogP contribution in [0.5, 0.6) is 0 Å². The summed E-state index contributed by atoms with van der Waals surface area (Å²) in [4.78, 5) is 17.2. The first-order valence-electron chi connectivity index (χ1n) is 6.07. The number of H-pyrrole nitrogens is 1. The summed E-state index contributed by atoms with van der Waals surface area (Å²) in [5.41, 5.74) is 0.727. The van der Waals surface area contributed by atoms with E-state index in [2.05, 4.69) is 23.7 Å². The highest BCUT2D eigenvalue weighted by molar-refractivity contribution is 5.95. The predicted molar refractivity (Wildman–Crippen MR) is 64.6 cm³/mol. The van der Waals surface area contributed by atoms with Gasteiger partial charge in [0.1, 0.15) is 0 Å². The molecule has 1 fully saturated rings. The molecule has 0 aromatic carbocycles. The normalized spacial score (nSPS) is 26.9. The molecule has 1 aliphatic rings. The molecule has 0 aliphatic carbocycles. The molecule has 2 rings (SSSR count). The van der Waals surface area contributed by atoms with E-state index in [1.54, 1.807) is 6.20 Å². The van der Waals surface area contributed by atoms with Crippen LogP contribution in [0.15, 0.2) is 18.3 Å². The van der Waals surface area contributed by atoms with E-state index in [0.717, 1.165) is 12.2 Å². The highest BCUT2D eigenvalue weighted by atomic mass is 16.1. The van der Waals surface area contributed by atoms with E-state index in [0.29, 0.717) is 18.5 Å². The average molecular weight is 220 g/mol. The van der Waals surface area contributed by atoms with Gasteiger partial charge in [-0.05, 0) is 37.8 Å². The second-order valence-electron chi connectivity index (χ2n) is 4.97. The summed E-state index contributed by atoms with van der Waals surface area (Å²) in [6.45, 7) is 6.07. The summed E-state index contributed by atoms with van der Waals surface area (Å²) in [6, 6.07) is 4.26. The van der Waals surface area contributed by atoms with Gasteiger partial charge in [0.05, 0.1) is 12.2 Å². The van der Waals surface area contributed by atoms with Gasteiger partial charge in [-0.2, -0.15) is 0 Å². The van der Waals surface area contributed by atoms with Gasteiger partial charge in [-0.15, -0.1) is 0 Å². The third kappa shape index (κ3) is 2.53. The first-order chi connectivity index (χ1) is 7.66. The molecule has 2 heterocycles. The highest BCUT2D eigenvalue weighted by Crippen LogP contribution is 2.21. The number of ketones is 1. The van der Waals surface area contributed by atoms with Crippen molar-refractivity contribution < 1.29 is 4.79 Å². The van der Waals surface area contributed by atoms with Crippen molar-refractivity contribution >= 4 is 5.78 Å². The maximum absolute atomic E-state index is 12.0. The Morgan fingerprint density at radius 1 is 1.50 bits per heavy atom. The lowest BCUT2D eigenvalue weighted by Crippen LogP contribution is -2.43. The number of hydrogen-bond donors (Lipinski definition) is 1. The number of rotatable bonds is 3. The summed E-state index contributed by atoms with van der Waals surface area (Å²) in [7, 11) is 0. The van der Waals surface area contributed by atoms with Crippen LogP contribution in [0.25, 0.3) is 0 Å². The first kappa shape index (κ1) is 11.4. The Hall–Kier alpha value is -1.09. The van der Waals surface area contributed by atoms with Crippen LogP contribution in [0.2, 0.25) is 0 Å². The van der Waals surface area contributed by atoms with Gasteiger partial charge in [0.15, 0.2) is 5.78 Å². The van der Waals surface area contributed by atoms with Crippen molar-refractivity contribution in [3.8, 4) is 0 Å². The lowest BCUT2D eigenvalue weighted by molar-refractivity contribution is 0.0801. The molecular formula is C13H20N2O. The molecule has 0 amide bonds. The zero-order valence-electron chi connectivity index (χ0n) is 10.1. The van der Waals surface area contributed by atoms with E-state index in [1.807, 2.05) is 12.1 Å². The Morgan fingerprint density at radius 3 is 3.00 bits per heavy atom. The summed E-state index contributed by atoms with van der Waals surface area (Å²) in [6.07, 6.45) is 4.29. The third-order valence-electron chi connectivity index (χ3n) is 3.49. The molecule has 1 aromatic heterocycles. The molecule has 0 radical (unpaired) electrons. The standard InChI is InChI=1S/C13H20N2O/c1-10-5-6-11(2)15(8-10)9-13(16)12-4-3-7-14-12/h3-4,7,10-11,14H,5-6,8-9H2,1-2H3.